The number of azide groups is 1. The van der Waals surface area contributed by atoms with Gasteiger partial charge < -0.3 is 0 Å². The highest BCUT2D eigenvalue weighted by Gasteiger charge is 2.34. The smallest absolute Gasteiger partial charge is 0.269 e. The second kappa shape index (κ2) is 6.47. The summed E-state index contributed by atoms with van der Waals surface area (Å²) in [6.07, 6.45) is 1.24. The Hall–Kier alpha value is -3.24. The lowest BCUT2D eigenvalue weighted by molar-refractivity contribution is 0.236. The number of amides is 2. The number of rotatable bonds is 4. The van der Waals surface area contributed by atoms with Crippen LogP contribution in [0.2, 0.25) is 0 Å². The van der Waals surface area contributed by atoms with Crippen LogP contribution >= 0.6 is 0 Å². The molecule has 0 bridgehead atoms. The average molecular weight is 320 g/mol. The van der Waals surface area contributed by atoms with Crippen LogP contribution in [0.5, 0.6) is 0 Å². The number of hydrogen-bond donors (Lipinski definition) is 1. The highest BCUT2D eigenvalue weighted by Crippen LogP contribution is 2.17. The van der Waals surface area contributed by atoms with E-state index in [0.717, 1.165) is 0 Å². The molecule has 0 saturated heterocycles. The molecule has 0 aliphatic carbocycles. The summed E-state index contributed by atoms with van der Waals surface area (Å²) < 4.78 is 24.6. The summed E-state index contributed by atoms with van der Waals surface area (Å²) in [5.41, 5.74) is 8.50. The number of carbonyl (C=O) groups excluding carboxylic acids is 1. The summed E-state index contributed by atoms with van der Waals surface area (Å²) in [6.45, 7) is 0. The van der Waals surface area contributed by atoms with Gasteiger partial charge in [0.05, 0.1) is 6.20 Å². The van der Waals surface area contributed by atoms with Crippen molar-refractivity contribution in [3.63, 3.8) is 0 Å². The van der Waals surface area contributed by atoms with E-state index >= 15 is 0 Å². The molecule has 2 amide bonds. The van der Waals surface area contributed by atoms with Crippen LogP contribution in [0.25, 0.3) is 10.4 Å². The number of benzene rings is 1. The number of nitrogens with zero attached hydrogens (tertiary/aromatic N) is 7. The van der Waals surface area contributed by atoms with Gasteiger partial charge in [0.15, 0.2) is 5.82 Å². The Morgan fingerprint density at radius 1 is 1.27 bits per heavy atom. The number of sulfonamides is 1. The fourth-order valence-corrected chi connectivity index (χ4v) is 2.49. The molecule has 22 heavy (non-hydrogen) atoms. The van der Waals surface area contributed by atoms with Gasteiger partial charge in [-0.05, 0) is 21.8 Å². The molecule has 2 aromatic rings. The highest BCUT2D eigenvalue weighted by molar-refractivity contribution is 7.89. The minimum Gasteiger partial charge on any atom is -0.269 e. The number of anilines is 1. The maximum atomic E-state index is 12.3. The topological polar surface area (TPSA) is 154 Å². The molecule has 0 unspecified atom stereocenters. The third kappa shape index (κ3) is 3.26. The van der Waals surface area contributed by atoms with Crippen LogP contribution in [0.15, 0.2) is 52.7 Å². The summed E-state index contributed by atoms with van der Waals surface area (Å²) in [5.74, 6) is -0.0543. The van der Waals surface area contributed by atoms with Gasteiger partial charge in [-0.15, -0.1) is 15.7 Å². The van der Waals surface area contributed by atoms with Gasteiger partial charge in [0.25, 0.3) is 0 Å². The second-order valence-electron chi connectivity index (χ2n) is 3.68. The predicted octanol–water partition coefficient (Wildman–Crippen LogP) is 1.32. The summed E-state index contributed by atoms with van der Waals surface area (Å²) in [5, 5.41) is 15.2. The van der Waals surface area contributed by atoms with Crippen molar-refractivity contribution >= 4 is 21.9 Å². The molecule has 2 rings (SSSR count). The van der Waals surface area contributed by atoms with Crippen molar-refractivity contribution in [1.82, 2.24) is 19.8 Å². The molecule has 0 radical (unpaired) electrons. The first kappa shape index (κ1) is 15.2. The predicted molar refractivity (Wildman–Crippen MR) is 73.5 cm³/mol. The molecular weight excluding hydrogens is 312 g/mol. The summed E-state index contributed by atoms with van der Waals surface area (Å²) >= 11 is 0. The zero-order valence-electron chi connectivity index (χ0n) is 10.8. The Balaban J connectivity index is 2.34. The normalized spacial score (nSPS) is 10.4. The lowest BCUT2D eigenvalue weighted by atomic mass is 10.4. The Bertz CT molecular complexity index is 805. The molecule has 0 saturated carbocycles. The van der Waals surface area contributed by atoms with Crippen molar-refractivity contribution in [2.75, 3.05) is 5.32 Å². The monoisotopic (exact) mass is 320 g/mol. The van der Waals surface area contributed by atoms with Gasteiger partial charge in [-0.2, -0.15) is 13.3 Å². The largest absolute Gasteiger partial charge is 0.433 e. The van der Waals surface area contributed by atoms with Gasteiger partial charge in [0, 0.05) is 11.3 Å². The van der Waals surface area contributed by atoms with Crippen LogP contribution in [0.4, 0.5) is 10.6 Å². The maximum absolute atomic E-state index is 12.3. The first-order valence-corrected chi connectivity index (χ1v) is 7.10. The minimum atomic E-state index is -4.35. The third-order valence-electron chi connectivity index (χ3n) is 2.30. The van der Waals surface area contributed by atoms with Crippen molar-refractivity contribution in [3.05, 3.63) is 53.0 Å². The minimum absolute atomic E-state index is 0.00948. The van der Waals surface area contributed by atoms with E-state index in [-0.39, 0.29) is 15.1 Å². The van der Waals surface area contributed by atoms with Gasteiger partial charge >= 0.3 is 16.1 Å². The first-order valence-electron chi connectivity index (χ1n) is 5.66. The van der Waals surface area contributed by atoms with E-state index in [1.165, 1.54) is 36.5 Å². The fraction of sp³-hybridized carbons (Fsp3) is 0. The van der Waals surface area contributed by atoms with E-state index in [4.69, 9.17) is 5.53 Å². The molecule has 112 valence electrons. The Morgan fingerprint density at radius 2 is 2.00 bits per heavy atom. The number of urea groups is 1. The van der Waals surface area contributed by atoms with E-state index in [1.807, 2.05) is 0 Å². The molecule has 1 aromatic carbocycles. The van der Waals surface area contributed by atoms with E-state index in [2.05, 4.69) is 30.9 Å². The SMILES string of the molecule is [N-]=[N+]=NN(C(=O)Nc1ccnnn1)S(=O)(=O)c1ccccc1. The number of nitrogens with one attached hydrogen (secondary N) is 1. The van der Waals surface area contributed by atoms with Crippen molar-refractivity contribution in [1.29, 1.82) is 0 Å². The molecule has 0 atom stereocenters. The molecule has 11 nitrogen and oxygen atoms in total. The molecular formula is C10H8N8O3S. The van der Waals surface area contributed by atoms with Crippen molar-refractivity contribution < 1.29 is 13.2 Å². The summed E-state index contributed by atoms with van der Waals surface area (Å²) in [7, 11) is -4.35. The van der Waals surface area contributed by atoms with Crippen LogP contribution in [-0.2, 0) is 10.0 Å². The molecule has 0 spiro atoms. The van der Waals surface area contributed by atoms with Gasteiger partial charge in [0.2, 0.25) is 0 Å². The highest BCUT2D eigenvalue weighted by atomic mass is 32.2. The van der Waals surface area contributed by atoms with E-state index in [1.54, 1.807) is 6.07 Å². The Labute approximate surface area is 124 Å². The third-order valence-corrected chi connectivity index (χ3v) is 3.86. The summed E-state index contributed by atoms with van der Waals surface area (Å²) in [6, 6.07) is 7.13. The van der Waals surface area contributed by atoms with E-state index in [0.29, 0.717) is 0 Å². The standard InChI is InChI=1S/C10H8N8O3S/c11-15-17-18(10(19)13-9-6-7-12-16-14-9)22(20,21)8-4-2-1-3-5-8/h1-7H,(H,12,13,14,19). The van der Waals surface area contributed by atoms with Crippen LogP contribution in [0, 0.1) is 0 Å². The van der Waals surface area contributed by atoms with Gasteiger partial charge in [0.1, 0.15) is 4.90 Å². The van der Waals surface area contributed by atoms with Crippen LogP contribution < -0.4 is 5.32 Å². The average Bonchev–Trinajstić information content (AvgIpc) is 2.54. The zero-order valence-corrected chi connectivity index (χ0v) is 11.6. The quantitative estimate of drug-likeness (QED) is 0.388. The second-order valence-corrected chi connectivity index (χ2v) is 5.44. The molecule has 1 aromatic heterocycles. The van der Waals surface area contributed by atoms with Crippen molar-refractivity contribution in [2.24, 2.45) is 5.22 Å². The van der Waals surface area contributed by atoms with Crippen molar-refractivity contribution in [2.45, 2.75) is 4.90 Å². The summed E-state index contributed by atoms with van der Waals surface area (Å²) in [4.78, 5) is 14.1. The maximum Gasteiger partial charge on any atom is 0.433 e. The van der Waals surface area contributed by atoms with Gasteiger partial charge in [-0.1, -0.05) is 18.2 Å². The number of aromatic nitrogens is 3. The number of carbonyl (C=O) groups is 1. The van der Waals surface area contributed by atoms with Crippen LogP contribution in [-0.4, -0.2) is 34.3 Å². The van der Waals surface area contributed by atoms with E-state index in [9.17, 15) is 13.2 Å². The number of hydrogen-bond acceptors (Lipinski definition) is 7. The van der Waals surface area contributed by atoms with Crippen LogP contribution in [0.3, 0.4) is 0 Å². The van der Waals surface area contributed by atoms with Gasteiger partial charge in [-0.3, -0.25) is 5.32 Å². The fourth-order valence-electron chi connectivity index (χ4n) is 1.39. The molecule has 1 heterocycles. The molecule has 0 fully saturated rings. The molecule has 12 heteroatoms. The molecule has 1 N–H and O–H groups in total. The van der Waals surface area contributed by atoms with Crippen LogP contribution in [0.1, 0.15) is 0 Å². The zero-order chi connectivity index (χ0) is 16.0. The lowest BCUT2D eigenvalue weighted by Crippen LogP contribution is -2.35. The Morgan fingerprint density at radius 3 is 2.59 bits per heavy atom. The first-order chi connectivity index (χ1) is 10.6. The van der Waals surface area contributed by atoms with Gasteiger partial charge in [-0.25, -0.2) is 4.79 Å². The molecule has 0 aliphatic heterocycles. The molecule has 0 aliphatic rings. The van der Waals surface area contributed by atoms with Crippen molar-refractivity contribution in [3.8, 4) is 0 Å². The Kier molecular flexibility index (Phi) is 4.46. The lowest BCUT2D eigenvalue weighted by Gasteiger charge is -2.11. The van der Waals surface area contributed by atoms with E-state index < -0.39 is 16.1 Å².